The largest absolute Gasteiger partial charge is 0.458 e. The lowest BCUT2D eigenvalue weighted by Gasteiger charge is -2.37. The molecule has 0 bridgehead atoms. The highest BCUT2D eigenvalue weighted by molar-refractivity contribution is 7.14. The van der Waals surface area contributed by atoms with E-state index in [1.807, 2.05) is 0 Å². The van der Waals surface area contributed by atoms with Crippen LogP contribution in [0.15, 0.2) is 34.4 Å². The molecule has 34 heavy (non-hydrogen) atoms. The lowest BCUT2D eigenvalue weighted by atomic mass is 9.93. The number of imide groups is 1. The molecular weight excluding hydrogens is 504 g/mol. The van der Waals surface area contributed by atoms with Gasteiger partial charge in [-0.3, -0.25) is 19.4 Å². The Bertz CT molecular complexity index is 1230. The van der Waals surface area contributed by atoms with Gasteiger partial charge < -0.3 is 10.1 Å². The summed E-state index contributed by atoms with van der Waals surface area (Å²) in [6, 6.07) is 1.84. The number of benzene rings is 1. The van der Waals surface area contributed by atoms with Crippen LogP contribution in [0, 0.1) is 11.7 Å². The minimum Gasteiger partial charge on any atom is -0.458 e. The van der Waals surface area contributed by atoms with Crippen LogP contribution in [0.4, 0.5) is 27.5 Å². The summed E-state index contributed by atoms with van der Waals surface area (Å²) < 4.78 is 57.5. The number of carbonyl (C=O) groups excluding carboxylic acids is 3. The van der Waals surface area contributed by atoms with Crippen molar-refractivity contribution in [1.82, 2.24) is 14.8 Å². The van der Waals surface area contributed by atoms with E-state index >= 15 is 0 Å². The van der Waals surface area contributed by atoms with Crippen LogP contribution in [0.1, 0.15) is 12.0 Å². The molecule has 4 rings (SSSR count). The number of urea groups is 1. The van der Waals surface area contributed by atoms with Gasteiger partial charge in [0, 0.05) is 30.6 Å². The second-order valence-corrected chi connectivity index (χ2v) is 8.73. The molecule has 0 saturated carbocycles. The zero-order valence-corrected chi connectivity index (χ0v) is 19.0. The Balaban J connectivity index is 1.47. The van der Waals surface area contributed by atoms with E-state index in [4.69, 9.17) is 16.3 Å². The van der Waals surface area contributed by atoms with Crippen molar-refractivity contribution in [3.8, 4) is 11.3 Å². The molecule has 0 spiro atoms. The summed E-state index contributed by atoms with van der Waals surface area (Å²) in [7, 11) is 2.75. The zero-order valence-electron chi connectivity index (χ0n) is 17.4. The monoisotopic (exact) mass is 518 g/mol. The van der Waals surface area contributed by atoms with Crippen LogP contribution in [-0.2, 0) is 20.5 Å². The molecule has 8 nitrogen and oxygen atoms in total. The van der Waals surface area contributed by atoms with E-state index in [0.29, 0.717) is 12.1 Å². The van der Waals surface area contributed by atoms with E-state index in [2.05, 4.69) is 10.3 Å². The third-order valence-corrected chi connectivity index (χ3v) is 6.47. The Morgan fingerprint density at radius 1 is 1.29 bits per heavy atom. The number of hydrogen-bond acceptors (Lipinski definition) is 6. The number of nitrogens with one attached hydrogen (secondary N) is 1. The Morgan fingerprint density at radius 3 is 2.65 bits per heavy atom. The van der Waals surface area contributed by atoms with Gasteiger partial charge in [0.2, 0.25) is 11.8 Å². The van der Waals surface area contributed by atoms with Crippen molar-refractivity contribution in [3.63, 3.8) is 0 Å². The molecule has 0 radical (unpaired) electrons. The molecule has 14 heteroatoms. The van der Waals surface area contributed by atoms with E-state index in [0.717, 1.165) is 22.3 Å². The quantitative estimate of drug-likeness (QED) is 0.611. The van der Waals surface area contributed by atoms with Gasteiger partial charge in [0.1, 0.15) is 11.7 Å². The Hall–Kier alpha value is -3.19. The number of rotatable bonds is 4. The van der Waals surface area contributed by atoms with Gasteiger partial charge in [0.15, 0.2) is 16.6 Å². The lowest BCUT2D eigenvalue weighted by molar-refractivity contribution is -0.141. The third-order valence-electron chi connectivity index (χ3n) is 5.38. The van der Waals surface area contributed by atoms with Gasteiger partial charge in [-0.05, 0) is 23.7 Å². The molecule has 4 amide bonds. The number of carbonyl (C=O) groups is 3. The summed E-state index contributed by atoms with van der Waals surface area (Å²) in [5.41, 5.74) is -0.929. The molecule has 2 unspecified atom stereocenters. The number of nitrogens with zero attached hydrogens (tertiary/aromatic N) is 3. The van der Waals surface area contributed by atoms with Crippen LogP contribution >= 0.6 is 22.9 Å². The molecule has 1 fully saturated rings. The predicted octanol–water partition coefficient (Wildman–Crippen LogP) is 4.24. The summed E-state index contributed by atoms with van der Waals surface area (Å²) in [6.07, 6.45) is -6.11. The molecule has 2 atom stereocenters. The molecule has 180 valence electrons. The van der Waals surface area contributed by atoms with Crippen molar-refractivity contribution >= 4 is 45.9 Å². The fourth-order valence-electron chi connectivity index (χ4n) is 3.65. The summed E-state index contributed by atoms with van der Waals surface area (Å²) in [4.78, 5) is 43.5. The second kappa shape index (κ2) is 8.55. The number of hydrogen-bond donors (Lipinski definition) is 1. The van der Waals surface area contributed by atoms with Crippen LogP contribution in [0.2, 0.25) is 0 Å². The van der Waals surface area contributed by atoms with Gasteiger partial charge in [0.25, 0.3) is 0 Å². The standard InChI is InChI=1S/C20H15ClF4N4O4S/c1-28-16(31)14-9(15(21)33-17(14)29(2)19(28)32)6-13(30)27-18-26-12(7-34-18)8-3-4-10(11(22)5-8)20(23,24)25/h3-5,7,14,17H,6H2,1-2H3,(H,26,27,30). The first-order chi connectivity index (χ1) is 15.9. The molecular formula is C20H15ClF4N4O4S. The van der Waals surface area contributed by atoms with E-state index in [1.54, 1.807) is 0 Å². The number of amides is 4. The molecule has 1 aromatic carbocycles. The SMILES string of the molecule is CN1C(=O)C2C(CC(=O)Nc3nc(-c4ccc(C(F)(F)F)c(F)c4)cs3)=C(Cl)OC2N(C)C1=O. The van der Waals surface area contributed by atoms with Gasteiger partial charge in [-0.25, -0.2) is 14.2 Å². The summed E-state index contributed by atoms with van der Waals surface area (Å²) >= 11 is 7.09. The first-order valence-electron chi connectivity index (χ1n) is 9.60. The van der Waals surface area contributed by atoms with Gasteiger partial charge >= 0.3 is 12.2 Å². The van der Waals surface area contributed by atoms with Crippen molar-refractivity contribution in [3.05, 3.63) is 45.8 Å². The molecule has 1 aromatic heterocycles. The van der Waals surface area contributed by atoms with Crippen LogP contribution in [0.5, 0.6) is 0 Å². The van der Waals surface area contributed by atoms with Crippen LogP contribution in [0.25, 0.3) is 11.3 Å². The number of aromatic nitrogens is 1. The van der Waals surface area contributed by atoms with Crippen LogP contribution in [-0.4, -0.2) is 53.0 Å². The lowest BCUT2D eigenvalue weighted by Crippen LogP contribution is -2.58. The number of alkyl halides is 3. The second-order valence-electron chi connectivity index (χ2n) is 7.53. The number of anilines is 1. The van der Waals surface area contributed by atoms with Gasteiger partial charge in [-0.1, -0.05) is 6.07 Å². The van der Waals surface area contributed by atoms with Crippen molar-refractivity contribution in [2.45, 2.75) is 18.8 Å². The summed E-state index contributed by atoms with van der Waals surface area (Å²) in [5.74, 6) is -3.54. The Morgan fingerprint density at radius 2 is 2.00 bits per heavy atom. The fourth-order valence-corrected chi connectivity index (χ4v) is 4.66. The Kier molecular flexibility index (Phi) is 6.02. The number of fused-ring (bicyclic) bond motifs is 1. The predicted molar refractivity (Wildman–Crippen MR) is 113 cm³/mol. The van der Waals surface area contributed by atoms with E-state index < -0.39 is 47.5 Å². The average Bonchev–Trinajstić information content (AvgIpc) is 3.34. The topological polar surface area (TPSA) is 91.8 Å². The highest BCUT2D eigenvalue weighted by atomic mass is 35.5. The summed E-state index contributed by atoms with van der Waals surface area (Å²) in [5, 5.41) is 3.90. The highest BCUT2D eigenvalue weighted by Gasteiger charge is 2.51. The molecule has 0 aliphatic carbocycles. The smallest absolute Gasteiger partial charge is 0.419 e. The minimum atomic E-state index is -4.82. The Labute approximate surface area is 198 Å². The number of ether oxygens (including phenoxy) is 1. The minimum absolute atomic E-state index is 0.101. The molecule has 2 aromatic rings. The number of halogens is 5. The normalized spacial score (nSPS) is 20.6. The van der Waals surface area contributed by atoms with Crippen molar-refractivity contribution in [2.24, 2.45) is 5.92 Å². The fraction of sp³-hybridized carbons (Fsp3) is 0.300. The maximum absolute atomic E-state index is 13.9. The van der Waals surface area contributed by atoms with Gasteiger partial charge in [-0.15, -0.1) is 11.3 Å². The van der Waals surface area contributed by atoms with Crippen molar-refractivity contribution in [1.29, 1.82) is 0 Å². The van der Waals surface area contributed by atoms with Gasteiger partial charge in [-0.2, -0.15) is 13.2 Å². The molecule has 3 heterocycles. The average molecular weight is 519 g/mol. The van der Waals surface area contributed by atoms with Crippen molar-refractivity contribution in [2.75, 3.05) is 19.4 Å². The number of thiazole rings is 1. The van der Waals surface area contributed by atoms with Crippen molar-refractivity contribution < 1.29 is 36.7 Å². The van der Waals surface area contributed by atoms with Gasteiger partial charge in [0.05, 0.1) is 17.7 Å². The molecule has 1 N–H and O–H groups in total. The third kappa shape index (κ3) is 4.20. The maximum atomic E-state index is 13.9. The molecule has 2 aliphatic rings. The highest BCUT2D eigenvalue weighted by Crippen LogP contribution is 2.40. The summed E-state index contributed by atoms with van der Waals surface area (Å²) in [6.45, 7) is 0. The first kappa shape index (κ1) is 24.0. The van der Waals surface area contributed by atoms with E-state index in [1.165, 1.54) is 24.4 Å². The van der Waals surface area contributed by atoms with E-state index in [-0.39, 0.29) is 33.6 Å². The zero-order chi connectivity index (χ0) is 24.9. The van der Waals surface area contributed by atoms with E-state index in [9.17, 15) is 31.9 Å². The van der Waals surface area contributed by atoms with Crippen LogP contribution < -0.4 is 5.32 Å². The molecule has 1 saturated heterocycles. The first-order valence-corrected chi connectivity index (χ1v) is 10.9. The van der Waals surface area contributed by atoms with Crippen LogP contribution in [0.3, 0.4) is 0 Å². The maximum Gasteiger partial charge on any atom is 0.419 e. The molecule has 2 aliphatic heterocycles.